The van der Waals surface area contributed by atoms with Crippen molar-refractivity contribution in [2.24, 2.45) is 0 Å². The lowest BCUT2D eigenvalue weighted by Gasteiger charge is -2.17. The van der Waals surface area contributed by atoms with Gasteiger partial charge in [0.05, 0.1) is 43.8 Å². The highest BCUT2D eigenvalue weighted by atomic mass is 16.5. The second-order valence-electron chi connectivity index (χ2n) is 8.08. The summed E-state index contributed by atoms with van der Waals surface area (Å²) >= 11 is 0. The predicted octanol–water partition coefficient (Wildman–Crippen LogP) is 4.08. The molecular weight excluding hydrogens is 352 g/mol. The van der Waals surface area contributed by atoms with Crippen LogP contribution in [0.3, 0.4) is 0 Å². The maximum Gasteiger partial charge on any atom is 0.214 e. The summed E-state index contributed by atoms with van der Waals surface area (Å²) in [5.74, 6) is 1.56. The van der Waals surface area contributed by atoms with E-state index in [4.69, 9.17) is 9.47 Å². The largest absolute Gasteiger partial charge is 0.495 e. The molecule has 0 N–H and O–H groups in total. The average molecular weight is 378 g/mol. The van der Waals surface area contributed by atoms with E-state index in [0.29, 0.717) is 0 Å². The Morgan fingerprint density at radius 3 is 2.46 bits per heavy atom. The summed E-state index contributed by atoms with van der Waals surface area (Å²) in [7, 11) is 3.35. The molecule has 0 amide bonds. The van der Waals surface area contributed by atoms with Gasteiger partial charge in [-0.3, -0.25) is 0 Å². The van der Waals surface area contributed by atoms with Gasteiger partial charge in [0.2, 0.25) is 5.88 Å². The Bertz CT molecular complexity index is 1130. The number of fused-ring (bicyclic) bond motifs is 2. The summed E-state index contributed by atoms with van der Waals surface area (Å²) in [5, 5.41) is 8.99. The molecule has 4 heterocycles. The Balaban J connectivity index is 1.66. The Morgan fingerprint density at radius 2 is 1.75 bits per heavy atom. The lowest BCUT2D eigenvalue weighted by Crippen LogP contribution is -2.10. The van der Waals surface area contributed by atoms with Gasteiger partial charge in [-0.15, -0.1) is 0 Å². The third-order valence-corrected chi connectivity index (χ3v) is 5.15. The minimum Gasteiger partial charge on any atom is -0.495 e. The Labute approximate surface area is 164 Å². The van der Waals surface area contributed by atoms with Crippen molar-refractivity contribution in [2.75, 3.05) is 14.2 Å². The first kappa shape index (κ1) is 18.3. The maximum atomic E-state index is 5.60. The fourth-order valence-corrected chi connectivity index (χ4v) is 3.59. The molecule has 0 saturated heterocycles. The second-order valence-corrected chi connectivity index (χ2v) is 8.08. The number of methoxy groups -OCH3 is 2. The van der Waals surface area contributed by atoms with Crippen molar-refractivity contribution in [1.29, 1.82) is 0 Å². The molecule has 4 rings (SSSR count). The van der Waals surface area contributed by atoms with Gasteiger partial charge in [0.25, 0.3) is 0 Å². The van der Waals surface area contributed by atoms with Crippen LogP contribution in [0.5, 0.6) is 11.6 Å². The van der Waals surface area contributed by atoms with Crippen LogP contribution < -0.4 is 9.47 Å². The van der Waals surface area contributed by atoms with Gasteiger partial charge < -0.3 is 9.47 Å². The van der Waals surface area contributed by atoms with Crippen molar-refractivity contribution in [3.63, 3.8) is 0 Å². The van der Waals surface area contributed by atoms with Crippen molar-refractivity contribution >= 4 is 11.0 Å². The zero-order chi connectivity index (χ0) is 19.9. The molecule has 6 nitrogen and oxygen atoms in total. The zero-order valence-electron chi connectivity index (χ0n) is 17.1. The van der Waals surface area contributed by atoms with E-state index < -0.39 is 0 Å². The topological polar surface area (TPSA) is 53.1 Å². The monoisotopic (exact) mass is 378 g/mol. The standard InChI is InChI=1S/C22H26N4O2/c1-22(2,3)18-13-24-26-20(18)10-15(11-21(26)28-5)6-7-16-12-23-25-14-17(27-4)8-9-19(16)25/h8-14H,6-7H2,1-5H3. The lowest BCUT2D eigenvalue weighted by molar-refractivity contribution is 0.385. The molecular formula is C22H26N4O2. The molecule has 0 unspecified atom stereocenters. The fraction of sp³-hybridized carbons (Fsp3) is 0.364. The first-order chi connectivity index (χ1) is 13.4. The number of hydrogen-bond acceptors (Lipinski definition) is 4. The van der Waals surface area contributed by atoms with E-state index in [0.717, 1.165) is 35.5 Å². The maximum absolute atomic E-state index is 5.60. The van der Waals surface area contributed by atoms with E-state index in [-0.39, 0.29) is 5.41 Å². The Morgan fingerprint density at radius 1 is 0.929 bits per heavy atom. The summed E-state index contributed by atoms with van der Waals surface area (Å²) in [6, 6.07) is 8.32. The van der Waals surface area contributed by atoms with Gasteiger partial charge in [0, 0.05) is 11.6 Å². The van der Waals surface area contributed by atoms with Crippen molar-refractivity contribution in [3.05, 3.63) is 59.5 Å². The summed E-state index contributed by atoms with van der Waals surface area (Å²) in [6.45, 7) is 6.61. The van der Waals surface area contributed by atoms with Crippen LogP contribution >= 0.6 is 0 Å². The van der Waals surface area contributed by atoms with Gasteiger partial charge in [-0.2, -0.15) is 10.2 Å². The van der Waals surface area contributed by atoms with Crippen molar-refractivity contribution in [1.82, 2.24) is 19.2 Å². The normalized spacial score (nSPS) is 12.0. The molecule has 0 spiro atoms. The molecule has 0 aliphatic carbocycles. The minimum absolute atomic E-state index is 0.0207. The molecule has 28 heavy (non-hydrogen) atoms. The first-order valence-corrected chi connectivity index (χ1v) is 9.46. The first-order valence-electron chi connectivity index (χ1n) is 9.46. The molecule has 0 fully saturated rings. The van der Waals surface area contributed by atoms with Crippen LogP contribution in [0.4, 0.5) is 0 Å². The van der Waals surface area contributed by atoms with Gasteiger partial charge >= 0.3 is 0 Å². The van der Waals surface area contributed by atoms with E-state index in [2.05, 4.69) is 49.2 Å². The SMILES string of the molecule is COc1ccc2c(CCc3cc(OC)n4ncc(C(C)(C)C)c4c3)cnn2c1. The smallest absolute Gasteiger partial charge is 0.214 e. The quantitative estimate of drug-likeness (QED) is 0.525. The molecule has 146 valence electrons. The summed E-state index contributed by atoms with van der Waals surface area (Å²) in [5.41, 5.74) is 5.89. The van der Waals surface area contributed by atoms with Crippen LogP contribution in [-0.2, 0) is 18.3 Å². The number of aromatic nitrogens is 4. The highest BCUT2D eigenvalue weighted by Gasteiger charge is 2.21. The highest BCUT2D eigenvalue weighted by Crippen LogP contribution is 2.30. The van der Waals surface area contributed by atoms with Gasteiger partial charge in [0.15, 0.2) is 0 Å². The number of ether oxygens (including phenoxy) is 2. The van der Waals surface area contributed by atoms with Crippen molar-refractivity contribution in [2.45, 2.75) is 39.0 Å². The predicted molar refractivity (Wildman–Crippen MR) is 110 cm³/mol. The summed E-state index contributed by atoms with van der Waals surface area (Å²) < 4.78 is 14.6. The van der Waals surface area contributed by atoms with Gasteiger partial charge in [-0.25, -0.2) is 9.03 Å². The molecule has 0 aliphatic heterocycles. The molecule has 0 radical (unpaired) electrons. The molecule has 4 aromatic rings. The Kier molecular flexibility index (Phi) is 4.49. The molecule has 0 atom stereocenters. The lowest BCUT2D eigenvalue weighted by atomic mass is 9.88. The summed E-state index contributed by atoms with van der Waals surface area (Å²) in [4.78, 5) is 0. The van der Waals surface area contributed by atoms with Gasteiger partial charge in [-0.1, -0.05) is 20.8 Å². The average Bonchev–Trinajstić information content (AvgIpc) is 3.28. The van der Waals surface area contributed by atoms with E-state index in [1.807, 2.05) is 33.7 Å². The number of pyridine rings is 2. The molecule has 4 aromatic heterocycles. The van der Waals surface area contributed by atoms with Crippen LogP contribution in [0.2, 0.25) is 0 Å². The van der Waals surface area contributed by atoms with Gasteiger partial charge in [-0.05, 0) is 47.6 Å². The van der Waals surface area contributed by atoms with E-state index in [9.17, 15) is 0 Å². The number of nitrogens with zero attached hydrogens (tertiary/aromatic N) is 4. The fourth-order valence-electron chi connectivity index (χ4n) is 3.59. The number of rotatable bonds is 5. The second kappa shape index (κ2) is 6.86. The minimum atomic E-state index is 0.0207. The molecule has 6 heteroatoms. The number of aryl methyl sites for hydroxylation is 2. The van der Waals surface area contributed by atoms with E-state index >= 15 is 0 Å². The molecule has 0 aliphatic rings. The molecule has 0 bridgehead atoms. The van der Waals surface area contributed by atoms with E-state index in [1.165, 1.54) is 16.7 Å². The third-order valence-electron chi connectivity index (χ3n) is 5.15. The van der Waals surface area contributed by atoms with Crippen LogP contribution in [0.1, 0.15) is 37.5 Å². The van der Waals surface area contributed by atoms with Crippen molar-refractivity contribution in [3.8, 4) is 11.6 Å². The molecule has 0 aromatic carbocycles. The van der Waals surface area contributed by atoms with Crippen LogP contribution in [0, 0.1) is 0 Å². The van der Waals surface area contributed by atoms with E-state index in [1.54, 1.807) is 14.2 Å². The highest BCUT2D eigenvalue weighted by molar-refractivity contribution is 5.60. The summed E-state index contributed by atoms with van der Waals surface area (Å²) in [6.07, 6.45) is 7.57. The third kappa shape index (κ3) is 3.19. The van der Waals surface area contributed by atoms with Crippen LogP contribution in [-0.4, -0.2) is 33.4 Å². The molecule has 0 saturated carbocycles. The van der Waals surface area contributed by atoms with Crippen LogP contribution in [0.15, 0.2) is 42.9 Å². The van der Waals surface area contributed by atoms with Crippen LogP contribution in [0.25, 0.3) is 11.0 Å². The van der Waals surface area contributed by atoms with Crippen molar-refractivity contribution < 1.29 is 9.47 Å². The number of hydrogen-bond donors (Lipinski definition) is 0. The Hall–Kier alpha value is -3.02. The van der Waals surface area contributed by atoms with Gasteiger partial charge in [0.1, 0.15) is 5.75 Å². The zero-order valence-corrected chi connectivity index (χ0v) is 17.1.